The van der Waals surface area contributed by atoms with E-state index in [-0.39, 0.29) is 22.2 Å². The van der Waals surface area contributed by atoms with Gasteiger partial charge in [-0.2, -0.15) is 5.10 Å². The first kappa shape index (κ1) is 19.2. The minimum atomic E-state index is -1.29. The lowest BCUT2D eigenvalue weighted by atomic mass is 10.1. The van der Waals surface area contributed by atoms with E-state index in [1.54, 1.807) is 12.1 Å². The van der Waals surface area contributed by atoms with Crippen LogP contribution in [-0.2, 0) is 6.42 Å². The molecule has 142 valence electrons. The van der Waals surface area contributed by atoms with Crippen molar-refractivity contribution in [3.05, 3.63) is 57.4 Å². The van der Waals surface area contributed by atoms with Crippen LogP contribution in [0.15, 0.2) is 28.7 Å². The Bertz CT molecular complexity index is 1010. The number of halogens is 4. The van der Waals surface area contributed by atoms with Crippen molar-refractivity contribution >= 4 is 32.7 Å². The highest BCUT2D eigenvalue weighted by molar-refractivity contribution is 9.10. The van der Waals surface area contributed by atoms with Crippen LogP contribution in [0.1, 0.15) is 28.9 Å². The molecule has 0 aliphatic rings. The van der Waals surface area contributed by atoms with Crippen molar-refractivity contribution in [1.29, 1.82) is 0 Å². The number of para-hydroxylation sites is 1. The number of aryl methyl sites for hydroxylation is 1. The molecular formula is C18H15BrF3N3O2. The molecular weight excluding hydrogens is 427 g/mol. The molecule has 3 aromatic rings. The SMILES string of the molecule is O=C(NCCCCc1[nH]nc2c(F)c(Br)c(F)c(F)c12)c1ccccc1O. The molecule has 0 saturated carbocycles. The van der Waals surface area contributed by atoms with Gasteiger partial charge in [-0.15, -0.1) is 0 Å². The van der Waals surface area contributed by atoms with Gasteiger partial charge in [0.05, 0.1) is 15.4 Å². The predicted octanol–water partition coefficient (Wildman–Crippen LogP) is 4.20. The first-order chi connectivity index (χ1) is 12.9. The molecule has 0 spiro atoms. The molecule has 0 unspecified atom stereocenters. The van der Waals surface area contributed by atoms with E-state index in [1.807, 2.05) is 0 Å². The number of aromatic nitrogens is 2. The number of unbranched alkanes of at least 4 members (excludes halogenated alkanes) is 1. The number of benzene rings is 2. The Labute approximate surface area is 160 Å². The van der Waals surface area contributed by atoms with Gasteiger partial charge in [-0.3, -0.25) is 9.89 Å². The van der Waals surface area contributed by atoms with Gasteiger partial charge in [-0.05, 0) is 47.3 Å². The van der Waals surface area contributed by atoms with Gasteiger partial charge in [0.15, 0.2) is 17.5 Å². The standard InChI is InChI=1S/C18H15BrF3N3O2/c19-13-15(21)14(20)12-10(24-25-17(12)16(13)22)6-3-4-8-23-18(27)9-5-1-2-7-11(9)26/h1-2,5,7,26H,3-4,6,8H2,(H,23,27)(H,24,25). The van der Waals surface area contributed by atoms with Crippen LogP contribution in [0.25, 0.3) is 10.9 Å². The van der Waals surface area contributed by atoms with E-state index in [0.717, 1.165) is 0 Å². The number of aromatic amines is 1. The molecule has 0 bridgehead atoms. The monoisotopic (exact) mass is 441 g/mol. The van der Waals surface area contributed by atoms with Crippen molar-refractivity contribution in [2.24, 2.45) is 0 Å². The predicted molar refractivity (Wildman–Crippen MR) is 97.0 cm³/mol. The number of hydrogen-bond donors (Lipinski definition) is 3. The number of nitrogens with zero attached hydrogens (tertiary/aromatic N) is 1. The zero-order chi connectivity index (χ0) is 19.6. The Morgan fingerprint density at radius 1 is 1.15 bits per heavy atom. The normalized spacial score (nSPS) is 11.1. The lowest BCUT2D eigenvalue weighted by Gasteiger charge is -2.07. The van der Waals surface area contributed by atoms with Gasteiger partial charge >= 0.3 is 0 Å². The highest BCUT2D eigenvalue weighted by Gasteiger charge is 2.23. The average molecular weight is 442 g/mol. The summed E-state index contributed by atoms with van der Waals surface area (Å²) in [6, 6.07) is 6.18. The van der Waals surface area contributed by atoms with Crippen LogP contribution >= 0.6 is 15.9 Å². The number of carbonyl (C=O) groups excluding carboxylic acids is 1. The van der Waals surface area contributed by atoms with E-state index in [9.17, 15) is 23.1 Å². The van der Waals surface area contributed by atoms with Gasteiger partial charge in [-0.25, -0.2) is 13.2 Å². The van der Waals surface area contributed by atoms with Crippen LogP contribution in [0.4, 0.5) is 13.2 Å². The third kappa shape index (κ3) is 3.78. The third-order valence-electron chi connectivity index (χ3n) is 4.13. The number of fused-ring (bicyclic) bond motifs is 1. The highest BCUT2D eigenvalue weighted by atomic mass is 79.9. The van der Waals surface area contributed by atoms with Crippen molar-refractivity contribution in [3.63, 3.8) is 0 Å². The van der Waals surface area contributed by atoms with Crippen molar-refractivity contribution in [1.82, 2.24) is 15.5 Å². The zero-order valence-electron chi connectivity index (χ0n) is 14.0. The molecule has 9 heteroatoms. The fraction of sp³-hybridized carbons (Fsp3) is 0.222. The van der Waals surface area contributed by atoms with E-state index in [4.69, 9.17) is 0 Å². The molecule has 3 rings (SSSR count). The molecule has 27 heavy (non-hydrogen) atoms. The maximum absolute atomic E-state index is 14.1. The van der Waals surface area contributed by atoms with Gasteiger partial charge in [0, 0.05) is 12.2 Å². The molecule has 0 aliphatic carbocycles. The number of rotatable bonds is 6. The van der Waals surface area contributed by atoms with Crippen LogP contribution < -0.4 is 5.32 Å². The number of H-pyrrole nitrogens is 1. The van der Waals surface area contributed by atoms with Crippen molar-refractivity contribution in [2.45, 2.75) is 19.3 Å². The quantitative estimate of drug-likeness (QED) is 0.304. The summed E-state index contributed by atoms with van der Waals surface area (Å²) in [7, 11) is 0. The Morgan fingerprint density at radius 3 is 2.63 bits per heavy atom. The summed E-state index contributed by atoms with van der Waals surface area (Å²) in [6.07, 6.45) is 1.38. The smallest absolute Gasteiger partial charge is 0.255 e. The molecule has 5 nitrogen and oxygen atoms in total. The molecule has 0 fully saturated rings. The van der Waals surface area contributed by atoms with Gasteiger partial charge in [-0.1, -0.05) is 12.1 Å². The third-order valence-corrected chi connectivity index (χ3v) is 4.83. The van der Waals surface area contributed by atoms with Crippen LogP contribution in [0.5, 0.6) is 5.75 Å². The first-order valence-electron chi connectivity index (χ1n) is 8.17. The Hall–Kier alpha value is -2.55. The van der Waals surface area contributed by atoms with Crippen LogP contribution in [-0.4, -0.2) is 27.8 Å². The minimum absolute atomic E-state index is 0.107. The van der Waals surface area contributed by atoms with E-state index >= 15 is 0 Å². The summed E-state index contributed by atoms with van der Waals surface area (Å²) >= 11 is 2.67. The topological polar surface area (TPSA) is 78.0 Å². The van der Waals surface area contributed by atoms with E-state index < -0.39 is 27.8 Å². The second-order valence-electron chi connectivity index (χ2n) is 5.91. The molecule has 0 radical (unpaired) electrons. The van der Waals surface area contributed by atoms with Crippen molar-refractivity contribution in [2.75, 3.05) is 6.54 Å². The Morgan fingerprint density at radius 2 is 1.89 bits per heavy atom. The second kappa shape index (κ2) is 7.99. The fourth-order valence-corrected chi connectivity index (χ4v) is 3.11. The van der Waals surface area contributed by atoms with Gasteiger partial charge in [0.25, 0.3) is 5.91 Å². The highest BCUT2D eigenvalue weighted by Crippen LogP contribution is 2.32. The maximum Gasteiger partial charge on any atom is 0.255 e. The van der Waals surface area contributed by atoms with Gasteiger partial charge in [0.2, 0.25) is 0 Å². The number of carbonyl (C=O) groups is 1. The summed E-state index contributed by atoms with van der Waals surface area (Å²) < 4.78 is 41.2. The summed E-state index contributed by atoms with van der Waals surface area (Å²) in [5, 5.41) is 18.4. The molecule has 2 aromatic carbocycles. The lowest BCUT2D eigenvalue weighted by molar-refractivity contribution is 0.0950. The van der Waals surface area contributed by atoms with Crippen LogP contribution in [0.2, 0.25) is 0 Å². The fourth-order valence-electron chi connectivity index (χ4n) is 2.75. The molecule has 3 N–H and O–H groups in total. The van der Waals surface area contributed by atoms with E-state index in [0.29, 0.717) is 31.5 Å². The van der Waals surface area contributed by atoms with Crippen molar-refractivity contribution in [3.8, 4) is 5.75 Å². The minimum Gasteiger partial charge on any atom is -0.507 e. The number of hydrogen-bond acceptors (Lipinski definition) is 3. The summed E-state index contributed by atoms with van der Waals surface area (Å²) in [6.45, 7) is 0.329. The largest absolute Gasteiger partial charge is 0.507 e. The molecule has 1 heterocycles. The Balaban J connectivity index is 1.59. The average Bonchev–Trinajstić information content (AvgIpc) is 3.08. The number of aromatic hydroxyl groups is 1. The maximum atomic E-state index is 14.1. The second-order valence-corrected chi connectivity index (χ2v) is 6.70. The summed E-state index contributed by atoms with van der Waals surface area (Å²) in [5.74, 6) is -3.92. The summed E-state index contributed by atoms with van der Waals surface area (Å²) in [4.78, 5) is 12.0. The molecule has 1 aromatic heterocycles. The lowest BCUT2D eigenvalue weighted by Crippen LogP contribution is -2.24. The molecule has 0 atom stereocenters. The molecule has 0 aliphatic heterocycles. The number of phenolic OH excluding ortho intramolecular Hbond substituents is 1. The Kier molecular flexibility index (Phi) is 5.69. The molecule has 0 saturated heterocycles. The van der Waals surface area contributed by atoms with Gasteiger partial charge in [0.1, 0.15) is 11.3 Å². The van der Waals surface area contributed by atoms with Crippen LogP contribution in [0.3, 0.4) is 0 Å². The zero-order valence-corrected chi connectivity index (χ0v) is 15.5. The van der Waals surface area contributed by atoms with Gasteiger partial charge < -0.3 is 10.4 Å². The van der Waals surface area contributed by atoms with E-state index in [1.165, 1.54) is 12.1 Å². The number of nitrogens with one attached hydrogen (secondary N) is 2. The molecule has 1 amide bonds. The van der Waals surface area contributed by atoms with Crippen molar-refractivity contribution < 1.29 is 23.1 Å². The number of phenols is 1. The van der Waals surface area contributed by atoms with Crippen LogP contribution in [0, 0.1) is 17.5 Å². The van der Waals surface area contributed by atoms with E-state index in [2.05, 4.69) is 31.4 Å². The summed E-state index contributed by atoms with van der Waals surface area (Å²) in [5.41, 5.74) is 0.208. The first-order valence-corrected chi connectivity index (χ1v) is 8.96. The number of amides is 1.